The molecule has 0 aliphatic heterocycles. The van der Waals surface area contributed by atoms with Crippen LogP contribution >= 0.6 is 0 Å². The van der Waals surface area contributed by atoms with Gasteiger partial charge in [0.1, 0.15) is 5.75 Å². The van der Waals surface area contributed by atoms with Crippen LogP contribution in [0.15, 0.2) is 24.3 Å². The van der Waals surface area contributed by atoms with E-state index in [-0.39, 0.29) is 36.7 Å². The van der Waals surface area contributed by atoms with Gasteiger partial charge in [-0.1, -0.05) is 12.1 Å². The highest BCUT2D eigenvalue weighted by atomic mass is 19.3. The first-order chi connectivity index (χ1) is 11.3. The Labute approximate surface area is 139 Å². The summed E-state index contributed by atoms with van der Waals surface area (Å²) >= 11 is 0. The third kappa shape index (κ3) is 7.75. The molecule has 1 unspecified atom stereocenters. The van der Waals surface area contributed by atoms with E-state index >= 15 is 0 Å². The molecule has 1 rings (SSSR count). The van der Waals surface area contributed by atoms with E-state index in [1.165, 1.54) is 12.1 Å². The van der Waals surface area contributed by atoms with Gasteiger partial charge in [-0.25, -0.2) is 4.79 Å². The first-order valence-corrected chi connectivity index (χ1v) is 7.66. The van der Waals surface area contributed by atoms with Gasteiger partial charge in [-0.2, -0.15) is 8.78 Å². The lowest BCUT2D eigenvalue weighted by Crippen LogP contribution is -2.39. The van der Waals surface area contributed by atoms with Crippen LogP contribution in [0.3, 0.4) is 0 Å². The second-order valence-corrected chi connectivity index (χ2v) is 5.54. The van der Waals surface area contributed by atoms with Gasteiger partial charge in [0.25, 0.3) is 0 Å². The molecule has 24 heavy (non-hydrogen) atoms. The molecular formula is C16H23F2N3O3. The Kier molecular flexibility index (Phi) is 7.94. The minimum absolute atomic E-state index is 0.0570. The van der Waals surface area contributed by atoms with Crippen molar-refractivity contribution in [1.29, 1.82) is 0 Å². The number of nitrogens with one attached hydrogen (secondary N) is 3. The largest absolute Gasteiger partial charge is 0.435 e. The van der Waals surface area contributed by atoms with Gasteiger partial charge < -0.3 is 20.7 Å². The number of hydrogen-bond donors (Lipinski definition) is 3. The summed E-state index contributed by atoms with van der Waals surface area (Å²) in [5.74, 6) is -0.0745. The molecule has 1 aromatic carbocycles. The van der Waals surface area contributed by atoms with Crippen LogP contribution in [0.2, 0.25) is 0 Å². The molecule has 0 fully saturated rings. The van der Waals surface area contributed by atoms with Crippen LogP contribution in [0.5, 0.6) is 5.75 Å². The van der Waals surface area contributed by atoms with E-state index < -0.39 is 12.6 Å². The maximum Gasteiger partial charge on any atom is 0.387 e. The van der Waals surface area contributed by atoms with Crippen molar-refractivity contribution < 1.29 is 23.1 Å². The molecule has 0 saturated heterocycles. The summed E-state index contributed by atoms with van der Waals surface area (Å²) in [6, 6.07) is 5.34. The summed E-state index contributed by atoms with van der Waals surface area (Å²) in [7, 11) is 0. The van der Waals surface area contributed by atoms with Crippen molar-refractivity contribution in [3.8, 4) is 5.75 Å². The lowest BCUT2D eigenvalue weighted by atomic mass is 10.1. The predicted molar refractivity (Wildman–Crippen MR) is 85.9 cm³/mol. The van der Waals surface area contributed by atoms with Gasteiger partial charge in [0.05, 0.1) is 6.04 Å². The van der Waals surface area contributed by atoms with Crippen LogP contribution in [-0.2, 0) is 4.79 Å². The van der Waals surface area contributed by atoms with Crippen molar-refractivity contribution in [3.05, 3.63) is 29.8 Å². The molecule has 0 aliphatic rings. The van der Waals surface area contributed by atoms with E-state index in [9.17, 15) is 18.4 Å². The van der Waals surface area contributed by atoms with Crippen LogP contribution in [0.4, 0.5) is 13.6 Å². The molecular weight excluding hydrogens is 320 g/mol. The maximum absolute atomic E-state index is 12.1. The van der Waals surface area contributed by atoms with Gasteiger partial charge >= 0.3 is 12.6 Å². The fraction of sp³-hybridized carbons (Fsp3) is 0.500. The highest BCUT2D eigenvalue weighted by molar-refractivity contribution is 5.78. The fourth-order valence-electron chi connectivity index (χ4n) is 1.95. The van der Waals surface area contributed by atoms with Crippen molar-refractivity contribution in [2.75, 3.05) is 6.54 Å². The number of rotatable bonds is 8. The van der Waals surface area contributed by atoms with Crippen LogP contribution in [0.25, 0.3) is 0 Å². The summed E-state index contributed by atoms with van der Waals surface area (Å²) < 4.78 is 28.4. The first-order valence-electron chi connectivity index (χ1n) is 7.66. The molecule has 6 nitrogen and oxygen atoms in total. The van der Waals surface area contributed by atoms with Gasteiger partial charge in [0, 0.05) is 19.0 Å². The van der Waals surface area contributed by atoms with E-state index in [1.54, 1.807) is 19.1 Å². The molecule has 0 saturated carbocycles. The number of benzene rings is 1. The maximum atomic E-state index is 12.1. The molecule has 3 amide bonds. The van der Waals surface area contributed by atoms with E-state index in [4.69, 9.17) is 0 Å². The van der Waals surface area contributed by atoms with Crippen LogP contribution < -0.4 is 20.7 Å². The highest BCUT2D eigenvalue weighted by Crippen LogP contribution is 2.18. The van der Waals surface area contributed by atoms with Crippen molar-refractivity contribution in [2.24, 2.45) is 0 Å². The van der Waals surface area contributed by atoms with E-state index in [0.29, 0.717) is 0 Å². The Balaban J connectivity index is 2.37. The van der Waals surface area contributed by atoms with Crippen LogP contribution in [0.1, 0.15) is 38.8 Å². The zero-order valence-electron chi connectivity index (χ0n) is 13.9. The van der Waals surface area contributed by atoms with Gasteiger partial charge in [-0.15, -0.1) is 0 Å². The number of alkyl halides is 2. The number of carbonyl (C=O) groups is 2. The summed E-state index contributed by atoms with van der Waals surface area (Å²) in [6.45, 7) is 2.83. The molecule has 0 bridgehead atoms. The van der Waals surface area contributed by atoms with E-state index in [2.05, 4.69) is 20.7 Å². The summed E-state index contributed by atoms with van der Waals surface area (Å²) in [5, 5.41) is 8.02. The number of halogens is 2. The molecule has 8 heteroatoms. The lowest BCUT2D eigenvalue weighted by Gasteiger charge is -2.16. The average molecular weight is 343 g/mol. The summed E-state index contributed by atoms with van der Waals surface area (Å²) in [4.78, 5) is 23.2. The number of ether oxygens (including phenoxy) is 1. The highest BCUT2D eigenvalue weighted by Gasteiger charge is 2.11. The molecule has 3 N–H and O–H groups in total. The second-order valence-electron chi connectivity index (χ2n) is 5.54. The SMILES string of the molecule is CC(C)NC(=O)CCNC(=O)NC(C)c1ccc(OC(F)F)cc1. The third-order valence-electron chi connectivity index (χ3n) is 3.04. The van der Waals surface area contributed by atoms with E-state index in [0.717, 1.165) is 5.56 Å². The average Bonchev–Trinajstić information content (AvgIpc) is 2.46. The van der Waals surface area contributed by atoms with Gasteiger partial charge in [-0.05, 0) is 38.5 Å². The molecule has 0 aromatic heterocycles. The molecule has 0 spiro atoms. The predicted octanol–water partition coefficient (Wildman–Crippen LogP) is 2.56. The minimum Gasteiger partial charge on any atom is -0.435 e. The molecule has 1 aromatic rings. The van der Waals surface area contributed by atoms with Crippen molar-refractivity contribution >= 4 is 11.9 Å². The molecule has 0 aliphatic carbocycles. The molecule has 1 atom stereocenters. The lowest BCUT2D eigenvalue weighted by molar-refractivity contribution is -0.121. The Bertz CT molecular complexity index is 536. The van der Waals surface area contributed by atoms with Gasteiger partial charge in [0.15, 0.2) is 0 Å². The van der Waals surface area contributed by atoms with Crippen LogP contribution in [0, 0.1) is 0 Å². The number of carbonyl (C=O) groups excluding carboxylic acids is 2. The Morgan fingerprint density at radius 3 is 2.25 bits per heavy atom. The third-order valence-corrected chi connectivity index (χ3v) is 3.04. The number of hydrogen-bond acceptors (Lipinski definition) is 3. The first kappa shape index (κ1) is 19.7. The minimum atomic E-state index is -2.87. The summed E-state index contributed by atoms with van der Waals surface area (Å²) in [6.07, 6.45) is 0.194. The summed E-state index contributed by atoms with van der Waals surface area (Å²) in [5.41, 5.74) is 0.740. The van der Waals surface area contributed by atoms with Crippen molar-refractivity contribution in [3.63, 3.8) is 0 Å². The zero-order valence-corrected chi connectivity index (χ0v) is 13.9. The van der Waals surface area contributed by atoms with Crippen molar-refractivity contribution in [1.82, 2.24) is 16.0 Å². The Hall–Kier alpha value is -2.38. The van der Waals surface area contributed by atoms with Crippen molar-refractivity contribution in [2.45, 2.75) is 45.9 Å². The number of amides is 3. The molecule has 0 radical (unpaired) electrons. The zero-order chi connectivity index (χ0) is 18.1. The quantitative estimate of drug-likeness (QED) is 0.679. The smallest absolute Gasteiger partial charge is 0.387 e. The van der Waals surface area contributed by atoms with E-state index in [1.807, 2.05) is 13.8 Å². The molecule has 0 heterocycles. The topological polar surface area (TPSA) is 79.5 Å². The molecule has 134 valence electrons. The normalized spacial score (nSPS) is 12.0. The monoisotopic (exact) mass is 343 g/mol. The fourth-order valence-corrected chi connectivity index (χ4v) is 1.95. The standard InChI is InChI=1S/C16H23F2N3O3/c1-10(2)20-14(22)8-9-19-16(23)21-11(3)12-4-6-13(7-5-12)24-15(17)18/h4-7,10-11,15H,8-9H2,1-3H3,(H,20,22)(H2,19,21,23). The Morgan fingerprint density at radius 1 is 1.08 bits per heavy atom. The van der Waals surface area contributed by atoms with Gasteiger partial charge in [0.2, 0.25) is 5.91 Å². The van der Waals surface area contributed by atoms with Crippen LogP contribution in [-0.4, -0.2) is 31.1 Å². The number of urea groups is 1. The second kappa shape index (κ2) is 9.69. The van der Waals surface area contributed by atoms with Gasteiger partial charge in [-0.3, -0.25) is 4.79 Å². The Morgan fingerprint density at radius 2 is 1.71 bits per heavy atom.